The van der Waals surface area contributed by atoms with Crippen molar-refractivity contribution in [1.82, 2.24) is 24.5 Å². The lowest BCUT2D eigenvalue weighted by Crippen LogP contribution is -2.37. The molecule has 1 unspecified atom stereocenters. The van der Waals surface area contributed by atoms with Gasteiger partial charge in [-0.3, -0.25) is 4.79 Å². The Morgan fingerprint density at radius 1 is 1.23 bits per heavy atom. The van der Waals surface area contributed by atoms with E-state index in [1.54, 1.807) is 24.5 Å². The number of nitrogens with one attached hydrogen (secondary N) is 1. The molecule has 4 aromatic rings. The highest BCUT2D eigenvalue weighted by atomic mass is 35.5. The molecule has 1 N–H and O–H groups in total. The third-order valence-electron chi connectivity index (χ3n) is 5.57. The van der Waals surface area contributed by atoms with Gasteiger partial charge in [-0.15, -0.1) is 0 Å². The predicted octanol–water partition coefficient (Wildman–Crippen LogP) is 3.63. The second-order valence-corrected chi connectivity index (χ2v) is 8.06. The summed E-state index contributed by atoms with van der Waals surface area (Å²) in [5.74, 6) is 0.134. The molecule has 7 nitrogen and oxygen atoms in total. The summed E-state index contributed by atoms with van der Waals surface area (Å²) in [7, 11) is 0. The molecule has 3 aromatic heterocycles. The average molecular weight is 439 g/mol. The molecule has 1 fully saturated rings. The van der Waals surface area contributed by atoms with Crippen LogP contribution in [0.5, 0.6) is 0 Å². The van der Waals surface area contributed by atoms with E-state index in [9.17, 15) is 9.18 Å². The SMILES string of the molecule is Cc1ccn2ccnc(N3CCC(NC(=O)c4ccn(-c5ccc(Cl)c(F)c5)n4)C3)c12. The van der Waals surface area contributed by atoms with Gasteiger partial charge < -0.3 is 14.6 Å². The number of fused-ring (bicyclic) bond motifs is 1. The molecular weight excluding hydrogens is 419 g/mol. The van der Waals surface area contributed by atoms with E-state index in [4.69, 9.17) is 11.6 Å². The molecule has 0 radical (unpaired) electrons. The minimum Gasteiger partial charge on any atom is -0.353 e. The monoisotopic (exact) mass is 438 g/mol. The first-order valence-corrected chi connectivity index (χ1v) is 10.4. The maximum atomic E-state index is 13.7. The first-order valence-electron chi connectivity index (χ1n) is 9.99. The topological polar surface area (TPSA) is 67.5 Å². The van der Waals surface area contributed by atoms with Crippen molar-refractivity contribution in [3.8, 4) is 5.69 Å². The highest BCUT2D eigenvalue weighted by Crippen LogP contribution is 2.26. The lowest BCUT2D eigenvalue weighted by atomic mass is 10.2. The van der Waals surface area contributed by atoms with Gasteiger partial charge in [0.15, 0.2) is 11.5 Å². The molecule has 0 spiro atoms. The zero-order valence-corrected chi connectivity index (χ0v) is 17.6. The summed E-state index contributed by atoms with van der Waals surface area (Å²) in [6, 6.07) is 8.06. The van der Waals surface area contributed by atoms with Crippen molar-refractivity contribution in [2.45, 2.75) is 19.4 Å². The number of hydrogen-bond donors (Lipinski definition) is 1. The number of nitrogens with zero attached hydrogens (tertiary/aromatic N) is 5. The first kappa shape index (κ1) is 19.6. The molecule has 5 rings (SSSR count). The van der Waals surface area contributed by atoms with Crippen LogP contribution in [0.15, 0.2) is 55.1 Å². The van der Waals surface area contributed by atoms with Gasteiger partial charge >= 0.3 is 0 Å². The van der Waals surface area contributed by atoms with Crippen LogP contribution < -0.4 is 10.2 Å². The zero-order valence-electron chi connectivity index (χ0n) is 16.8. The van der Waals surface area contributed by atoms with E-state index in [0.29, 0.717) is 12.2 Å². The Labute approximate surface area is 183 Å². The predicted molar refractivity (Wildman–Crippen MR) is 117 cm³/mol. The molecule has 31 heavy (non-hydrogen) atoms. The van der Waals surface area contributed by atoms with Gasteiger partial charge in [-0.25, -0.2) is 14.1 Å². The Bertz CT molecular complexity index is 1280. The highest BCUT2D eigenvalue weighted by molar-refractivity contribution is 6.30. The zero-order chi connectivity index (χ0) is 21.5. The molecule has 158 valence electrons. The van der Waals surface area contributed by atoms with Crippen LogP contribution in [0.25, 0.3) is 11.2 Å². The van der Waals surface area contributed by atoms with E-state index >= 15 is 0 Å². The van der Waals surface area contributed by atoms with E-state index in [1.165, 1.54) is 22.4 Å². The van der Waals surface area contributed by atoms with Crippen LogP contribution >= 0.6 is 11.6 Å². The lowest BCUT2D eigenvalue weighted by molar-refractivity contribution is 0.0935. The molecular formula is C22H20ClFN6O. The van der Waals surface area contributed by atoms with Crippen LogP contribution in [0.1, 0.15) is 22.5 Å². The maximum absolute atomic E-state index is 13.7. The number of benzene rings is 1. The van der Waals surface area contributed by atoms with Crippen LogP contribution in [0.4, 0.5) is 10.2 Å². The van der Waals surface area contributed by atoms with Crippen LogP contribution in [0, 0.1) is 12.7 Å². The Kier molecular flexibility index (Phi) is 4.86. The molecule has 1 saturated heterocycles. The van der Waals surface area contributed by atoms with Crippen LogP contribution in [-0.2, 0) is 0 Å². The summed E-state index contributed by atoms with van der Waals surface area (Å²) in [5.41, 5.74) is 3.02. The molecule has 1 aliphatic heterocycles. The minimum atomic E-state index is -0.534. The van der Waals surface area contributed by atoms with Crippen molar-refractivity contribution in [2.24, 2.45) is 0 Å². The van der Waals surface area contributed by atoms with Crippen molar-refractivity contribution in [1.29, 1.82) is 0 Å². The normalized spacial score (nSPS) is 16.2. The molecule has 0 bridgehead atoms. The van der Waals surface area contributed by atoms with E-state index in [-0.39, 0.29) is 22.7 Å². The minimum absolute atomic E-state index is 0.0112. The van der Waals surface area contributed by atoms with Crippen molar-refractivity contribution in [3.05, 3.63) is 77.2 Å². The summed E-state index contributed by atoms with van der Waals surface area (Å²) in [6.45, 7) is 3.55. The number of carbonyl (C=O) groups excluding carboxylic acids is 1. The Balaban J connectivity index is 1.28. The van der Waals surface area contributed by atoms with Gasteiger partial charge in [-0.2, -0.15) is 5.10 Å². The van der Waals surface area contributed by atoms with E-state index < -0.39 is 5.82 Å². The number of carbonyl (C=O) groups is 1. The van der Waals surface area contributed by atoms with Gasteiger partial charge in [0.05, 0.1) is 16.2 Å². The summed E-state index contributed by atoms with van der Waals surface area (Å²) in [4.78, 5) is 19.5. The van der Waals surface area contributed by atoms with Gasteiger partial charge in [0.2, 0.25) is 0 Å². The second-order valence-electron chi connectivity index (χ2n) is 7.65. The number of aryl methyl sites for hydroxylation is 1. The Hall–Kier alpha value is -3.39. The fourth-order valence-electron chi connectivity index (χ4n) is 3.98. The second kappa shape index (κ2) is 7.70. The van der Waals surface area contributed by atoms with Crippen LogP contribution in [0.3, 0.4) is 0 Å². The smallest absolute Gasteiger partial charge is 0.272 e. The van der Waals surface area contributed by atoms with E-state index in [0.717, 1.165) is 24.3 Å². The van der Waals surface area contributed by atoms with Crippen molar-refractivity contribution in [3.63, 3.8) is 0 Å². The van der Waals surface area contributed by atoms with E-state index in [2.05, 4.69) is 37.7 Å². The quantitative estimate of drug-likeness (QED) is 0.528. The molecule has 1 aromatic carbocycles. The third kappa shape index (κ3) is 3.63. The largest absolute Gasteiger partial charge is 0.353 e. The Morgan fingerprint density at radius 3 is 2.94 bits per heavy atom. The summed E-state index contributed by atoms with van der Waals surface area (Å²) >= 11 is 5.73. The van der Waals surface area contributed by atoms with Crippen molar-refractivity contribution < 1.29 is 9.18 Å². The molecule has 1 amide bonds. The van der Waals surface area contributed by atoms with Gasteiger partial charge in [0.1, 0.15) is 5.82 Å². The number of aromatic nitrogens is 4. The van der Waals surface area contributed by atoms with Gasteiger partial charge in [0, 0.05) is 50.0 Å². The average Bonchev–Trinajstić information content (AvgIpc) is 3.50. The maximum Gasteiger partial charge on any atom is 0.272 e. The molecule has 1 atom stereocenters. The molecule has 0 saturated carbocycles. The number of amides is 1. The Morgan fingerprint density at radius 2 is 2.10 bits per heavy atom. The number of halogens is 2. The summed E-state index contributed by atoms with van der Waals surface area (Å²) < 4.78 is 17.2. The number of rotatable bonds is 4. The fraction of sp³-hybridized carbons (Fsp3) is 0.227. The third-order valence-corrected chi connectivity index (χ3v) is 5.87. The van der Waals surface area contributed by atoms with Crippen molar-refractivity contribution in [2.75, 3.05) is 18.0 Å². The van der Waals surface area contributed by atoms with Gasteiger partial charge in [0.25, 0.3) is 5.91 Å². The van der Waals surface area contributed by atoms with Crippen LogP contribution in [-0.4, -0.2) is 44.2 Å². The summed E-state index contributed by atoms with van der Waals surface area (Å²) in [6.07, 6.45) is 8.19. The lowest BCUT2D eigenvalue weighted by Gasteiger charge is -2.19. The molecule has 0 aliphatic carbocycles. The van der Waals surface area contributed by atoms with Gasteiger partial charge in [-0.1, -0.05) is 11.6 Å². The molecule has 1 aliphatic rings. The van der Waals surface area contributed by atoms with Crippen LogP contribution in [0.2, 0.25) is 5.02 Å². The molecule has 9 heteroatoms. The summed E-state index contributed by atoms with van der Waals surface area (Å²) in [5, 5.41) is 7.37. The highest BCUT2D eigenvalue weighted by Gasteiger charge is 2.27. The standard InChI is InChI=1S/C22H20ClFN6O/c1-14-4-8-28-11-7-25-21(20(14)28)29-9-5-15(13-29)26-22(31)19-6-10-30(27-19)16-2-3-17(23)18(24)12-16/h2-4,6-8,10-12,15H,5,9,13H2,1H3,(H,26,31). The van der Waals surface area contributed by atoms with Gasteiger partial charge in [-0.05, 0) is 43.2 Å². The van der Waals surface area contributed by atoms with Crippen molar-refractivity contribution >= 4 is 28.8 Å². The van der Waals surface area contributed by atoms with E-state index in [1.807, 2.05) is 12.4 Å². The first-order chi connectivity index (χ1) is 15.0. The number of anilines is 1. The fourth-order valence-corrected chi connectivity index (χ4v) is 4.10. The molecule has 4 heterocycles. The number of hydrogen-bond acceptors (Lipinski definition) is 4.